The zero-order valence-electron chi connectivity index (χ0n) is 41.5. The van der Waals surface area contributed by atoms with Gasteiger partial charge in [-0.1, -0.05) is 30.9 Å². The Bertz CT molecular complexity index is 1890. The van der Waals surface area contributed by atoms with E-state index in [4.69, 9.17) is 71.3 Å². The second-order valence-corrected chi connectivity index (χ2v) is 16.9. The average molecular weight is 1110 g/mol. The number of carbonyl (C=O) groups excluding carboxylic acids is 5. The fourth-order valence-electron chi connectivity index (χ4n) is 7.26. The lowest BCUT2D eigenvalue weighted by atomic mass is 9.73. The molecule has 0 aromatic heterocycles. The zero-order valence-corrected chi connectivity index (χ0v) is 42.3. The van der Waals surface area contributed by atoms with Crippen LogP contribution in [0, 0.1) is 0 Å². The van der Waals surface area contributed by atoms with Gasteiger partial charge in [0.25, 0.3) is 5.91 Å². The number of aliphatic imine (C=N–C) groups is 1. The summed E-state index contributed by atoms with van der Waals surface area (Å²) in [5, 5.41) is 26.0. The molecule has 0 radical (unpaired) electrons. The molecule has 2 fully saturated rings. The number of ether oxygens (including phenoxy) is 6. The lowest BCUT2D eigenvalue weighted by Crippen LogP contribution is -2.60. The van der Waals surface area contributed by atoms with Gasteiger partial charge >= 0.3 is 42.1 Å². The fourth-order valence-corrected chi connectivity index (χ4v) is 7.38. The Hall–Kier alpha value is -5.59. The van der Waals surface area contributed by atoms with Gasteiger partial charge in [-0.3, -0.25) is 33.9 Å². The first-order chi connectivity index (χ1) is 35.4. The molecule has 1 aromatic rings. The molecule has 10 N–H and O–H groups in total. The predicted octanol–water partition coefficient (Wildman–Crippen LogP) is 2.52. The number of nitrogens with two attached hydrogens (primary N) is 2. The Morgan fingerprint density at radius 3 is 1.83 bits per heavy atom. The van der Waals surface area contributed by atoms with E-state index in [2.05, 4.69) is 31.2 Å². The molecule has 3 rings (SSSR count). The van der Waals surface area contributed by atoms with Crippen LogP contribution in [-0.4, -0.2) is 192 Å². The number of aliphatic carboxylic acids is 2. The van der Waals surface area contributed by atoms with Crippen LogP contribution in [-0.2, 0) is 62.0 Å². The maximum Gasteiger partial charge on any atom is 0.490 e. The maximum atomic E-state index is 13.4. The largest absolute Gasteiger partial charge is 0.490 e. The predicted molar refractivity (Wildman–Crippen MR) is 256 cm³/mol. The van der Waals surface area contributed by atoms with Gasteiger partial charge in [0.2, 0.25) is 5.91 Å². The Labute approximate surface area is 434 Å². The number of rotatable bonds is 29. The van der Waals surface area contributed by atoms with Crippen molar-refractivity contribution in [3.05, 3.63) is 29.3 Å². The van der Waals surface area contributed by atoms with Crippen molar-refractivity contribution in [3.8, 4) is 0 Å². The first-order valence-electron chi connectivity index (χ1n) is 23.7. The number of hydrogen-bond donors (Lipinski definition) is 8. The zero-order chi connectivity index (χ0) is 56.3. The quantitative estimate of drug-likeness (QED) is 0.0143. The van der Waals surface area contributed by atoms with Crippen molar-refractivity contribution in [2.75, 3.05) is 105 Å². The molecule has 1 spiro atoms. The molecule has 30 heteroatoms. The molecule has 428 valence electrons. The number of likely N-dealkylation sites (tertiary alicyclic amines) is 1. The van der Waals surface area contributed by atoms with Crippen LogP contribution in [0.15, 0.2) is 29.3 Å². The van der Waals surface area contributed by atoms with Gasteiger partial charge in [0.15, 0.2) is 12.1 Å². The monoisotopic (exact) mass is 1110 g/mol. The van der Waals surface area contributed by atoms with Crippen molar-refractivity contribution in [2.24, 2.45) is 16.5 Å². The Balaban J connectivity index is 0.00000175. The molecular formula is C45H69ClF6N8O15. The third kappa shape index (κ3) is 31.8. The molecule has 75 heavy (non-hydrogen) atoms. The van der Waals surface area contributed by atoms with Crippen molar-refractivity contribution >= 4 is 64.8 Å². The third-order valence-corrected chi connectivity index (χ3v) is 11.0. The summed E-state index contributed by atoms with van der Waals surface area (Å²) in [6.07, 6.45) is -4.62. The summed E-state index contributed by atoms with van der Waals surface area (Å²) in [6.45, 7) is 5.94. The number of nitrogens with one attached hydrogen (secondary N) is 4. The average Bonchev–Trinajstić information content (AvgIpc) is 3.34. The summed E-state index contributed by atoms with van der Waals surface area (Å²) in [6, 6.07) is 6.35. The van der Waals surface area contributed by atoms with Gasteiger partial charge in [-0.15, -0.1) is 0 Å². The van der Waals surface area contributed by atoms with Crippen LogP contribution in [0.3, 0.4) is 0 Å². The number of esters is 1. The van der Waals surface area contributed by atoms with Gasteiger partial charge < -0.3 is 71.4 Å². The molecule has 2 aliphatic rings. The van der Waals surface area contributed by atoms with Gasteiger partial charge in [0, 0.05) is 68.5 Å². The van der Waals surface area contributed by atoms with Crippen molar-refractivity contribution in [2.45, 2.75) is 101 Å². The number of hydrogen-bond acceptors (Lipinski definition) is 15. The number of nitrogens with zero attached hydrogens (tertiary/aromatic N) is 2. The van der Waals surface area contributed by atoms with Crippen molar-refractivity contribution in [1.82, 2.24) is 20.9 Å². The molecule has 1 saturated heterocycles. The lowest BCUT2D eigenvalue weighted by Gasteiger charge is -2.52. The molecule has 1 saturated carbocycles. The van der Waals surface area contributed by atoms with Crippen LogP contribution in [0.1, 0.15) is 70.6 Å². The van der Waals surface area contributed by atoms with Crippen LogP contribution in [0.2, 0.25) is 5.02 Å². The first-order valence-corrected chi connectivity index (χ1v) is 24.1. The SMILES string of the molecule is COCCOCCOCCOCCOCCNC(=O)CCC(=O)OC(CCCN=C(N)N)C(=O)NCCN1CCC(NC(=O)C(=O)Nc2ccc(Cl)cc2)CC12CCCCC2.O=C(O)C(F)(F)F.O=C(O)C(F)(F)F. The summed E-state index contributed by atoms with van der Waals surface area (Å²) >= 11 is 5.93. The number of benzene rings is 1. The van der Waals surface area contributed by atoms with Gasteiger partial charge in [-0.2, -0.15) is 26.3 Å². The number of carbonyl (C=O) groups is 7. The minimum absolute atomic E-state index is 0.0820. The number of carboxylic acids is 2. The van der Waals surface area contributed by atoms with Crippen LogP contribution in [0.25, 0.3) is 0 Å². The third-order valence-electron chi connectivity index (χ3n) is 10.8. The van der Waals surface area contributed by atoms with Crippen LogP contribution >= 0.6 is 11.6 Å². The van der Waals surface area contributed by atoms with Gasteiger partial charge in [-0.05, 0) is 62.8 Å². The van der Waals surface area contributed by atoms with Crippen LogP contribution in [0.5, 0.6) is 0 Å². The molecule has 2 unspecified atom stereocenters. The van der Waals surface area contributed by atoms with Crippen LogP contribution in [0.4, 0.5) is 32.0 Å². The number of amides is 4. The molecular weight excluding hydrogens is 1040 g/mol. The number of methoxy groups -OCH3 is 1. The first kappa shape index (κ1) is 67.4. The second kappa shape index (κ2) is 37.2. The summed E-state index contributed by atoms with van der Waals surface area (Å²) in [5.41, 5.74) is 11.2. The highest BCUT2D eigenvalue weighted by atomic mass is 35.5. The molecule has 2 atom stereocenters. The van der Waals surface area contributed by atoms with Gasteiger partial charge in [0.05, 0.1) is 65.9 Å². The standard InChI is InChI=1S/C41H67ClN8O11.2C2HF3O2/c1-56-22-23-58-26-27-60-29-28-59-25-24-57-21-18-45-35(51)11-12-36(52)61-34(6-5-16-47-40(43)44)37(53)46-17-20-50-19-13-33(30-41(50)14-3-2-4-15-41)49-39(55)38(54)48-32-9-7-31(42)8-10-32;2*3-2(4,5)1(6)7/h7-10,33-34H,2-6,11-30H2,1H3,(H,45,51)(H,46,53)(H,48,54)(H,49,55)(H4,43,44,47);2*(H,6,7). The van der Waals surface area contributed by atoms with E-state index < -0.39 is 54.1 Å². The van der Waals surface area contributed by atoms with Crippen molar-refractivity contribution in [3.63, 3.8) is 0 Å². The summed E-state index contributed by atoms with van der Waals surface area (Å²) < 4.78 is 95.6. The summed E-state index contributed by atoms with van der Waals surface area (Å²) in [5.74, 6) is -8.51. The van der Waals surface area contributed by atoms with Crippen molar-refractivity contribution < 1.29 is 98.5 Å². The Kier molecular flexibility index (Phi) is 33.4. The summed E-state index contributed by atoms with van der Waals surface area (Å²) in [4.78, 5) is 88.2. The van der Waals surface area contributed by atoms with E-state index >= 15 is 0 Å². The fraction of sp³-hybridized carbons (Fsp3) is 0.689. The normalized spacial score (nSPS) is 15.6. The molecule has 1 aliphatic heterocycles. The molecule has 23 nitrogen and oxygen atoms in total. The second-order valence-electron chi connectivity index (χ2n) is 16.5. The number of carboxylic acid groups (broad SMARTS) is 2. The lowest BCUT2D eigenvalue weighted by molar-refractivity contribution is -0.193. The molecule has 1 aliphatic carbocycles. The molecule has 1 aromatic carbocycles. The van der Waals surface area contributed by atoms with E-state index in [0.717, 1.165) is 32.1 Å². The molecule has 4 amide bonds. The molecule has 0 bridgehead atoms. The van der Waals surface area contributed by atoms with Gasteiger partial charge in [0.1, 0.15) is 0 Å². The van der Waals surface area contributed by atoms with E-state index in [9.17, 15) is 50.3 Å². The highest BCUT2D eigenvalue weighted by Crippen LogP contribution is 2.40. The maximum absolute atomic E-state index is 13.4. The molecule has 1 heterocycles. The smallest absolute Gasteiger partial charge is 0.475 e. The number of piperidine rings is 1. The van der Waals surface area contributed by atoms with E-state index in [1.807, 2.05) is 0 Å². The highest BCUT2D eigenvalue weighted by molar-refractivity contribution is 6.39. The minimum atomic E-state index is -5.08. The van der Waals surface area contributed by atoms with Crippen LogP contribution < -0.4 is 32.7 Å². The number of guanidine groups is 1. The minimum Gasteiger partial charge on any atom is -0.475 e. The number of halogens is 7. The van der Waals surface area contributed by atoms with E-state index in [0.29, 0.717) is 102 Å². The number of anilines is 1. The van der Waals surface area contributed by atoms with Crippen molar-refractivity contribution in [1.29, 1.82) is 0 Å². The number of alkyl halides is 6. The Morgan fingerprint density at radius 2 is 1.31 bits per heavy atom. The van der Waals surface area contributed by atoms with Gasteiger partial charge in [-0.25, -0.2) is 9.59 Å². The topological polar surface area (TPSA) is 331 Å². The van der Waals surface area contributed by atoms with E-state index in [1.54, 1.807) is 31.4 Å². The highest BCUT2D eigenvalue weighted by Gasteiger charge is 2.43. The Morgan fingerprint density at radius 1 is 0.773 bits per heavy atom. The van der Waals surface area contributed by atoms with E-state index in [1.165, 1.54) is 0 Å². The van der Waals surface area contributed by atoms with E-state index in [-0.39, 0.29) is 62.4 Å². The summed E-state index contributed by atoms with van der Waals surface area (Å²) in [7, 11) is 1.62.